The molecule has 12 heteroatoms. The van der Waals surface area contributed by atoms with Crippen molar-refractivity contribution in [2.75, 3.05) is 33.9 Å². The highest BCUT2D eigenvalue weighted by Gasteiger charge is 2.28. The van der Waals surface area contributed by atoms with Crippen LogP contribution in [0.2, 0.25) is 10.0 Å². The van der Waals surface area contributed by atoms with Crippen LogP contribution in [-0.2, 0) is 29.1 Å². The van der Waals surface area contributed by atoms with Crippen molar-refractivity contribution in [1.29, 1.82) is 0 Å². The summed E-state index contributed by atoms with van der Waals surface area (Å²) in [6.07, 6.45) is 5.50. The minimum atomic E-state index is 0.101. The van der Waals surface area contributed by atoms with Crippen molar-refractivity contribution in [3.8, 4) is 45.3 Å². The van der Waals surface area contributed by atoms with Crippen molar-refractivity contribution in [1.82, 2.24) is 30.8 Å². The van der Waals surface area contributed by atoms with Crippen LogP contribution >= 0.6 is 23.2 Å². The lowest BCUT2D eigenvalue weighted by molar-refractivity contribution is -0.120. The zero-order valence-electron chi connectivity index (χ0n) is 28.2. The van der Waals surface area contributed by atoms with Crippen LogP contribution < -0.4 is 25.4 Å². The number of carbonyl (C=O) groups excluding carboxylic acids is 2. The smallest absolute Gasteiger partial charge is 0.220 e. The first-order chi connectivity index (χ1) is 24.3. The molecule has 50 heavy (non-hydrogen) atoms. The van der Waals surface area contributed by atoms with Gasteiger partial charge in [0.15, 0.2) is 0 Å². The molecule has 0 unspecified atom stereocenters. The first-order valence-electron chi connectivity index (χ1n) is 17.0. The topological polar surface area (TPSA) is 118 Å². The molecule has 2 aromatic heterocycles. The fourth-order valence-electron chi connectivity index (χ4n) is 7.22. The largest absolute Gasteiger partial charge is 0.496 e. The van der Waals surface area contributed by atoms with Gasteiger partial charge in [0.2, 0.25) is 17.7 Å². The van der Waals surface area contributed by atoms with E-state index >= 15 is 0 Å². The van der Waals surface area contributed by atoms with Gasteiger partial charge in [-0.05, 0) is 49.1 Å². The number of benzene rings is 2. The van der Waals surface area contributed by atoms with E-state index in [1.54, 1.807) is 20.4 Å². The van der Waals surface area contributed by atoms with Gasteiger partial charge in [0.05, 0.1) is 35.7 Å². The summed E-state index contributed by atoms with van der Waals surface area (Å²) in [6.45, 7) is 3.71. The molecule has 2 saturated heterocycles. The molecule has 5 heterocycles. The molecule has 3 N–H and O–H groups in total. The first kappa shape index (κ1) is 34.2. The number of pyridine rings is 2. The van der Waals surface area contributed by atoms with E-state index in [2.05, 4.69) is 26.9 Å². The van der Waals surface area contributed by atoms with Gasteiger partial charge in [-0.1, -0.05) is 47.5 Å². The van der Waals surface area contributed by atoms with E-state index in [9.17, 15) is 9.59 Å². The number of ether oxygens (including phenoxy) is 2. The maximum absolute atomic E-state index is 11.7. The number of nitrogens with zero attached hydrogens (tertiary/aromatic N) is 3. The molecule has 0 aliphatic carbocycles. The van der Waals surface area contributed by atoms with E-state index in [-0.39, 0.29) is 23.9 Å². The average Bonchev–Trinajstić information content (AvgIpc) is 3.74. The number of halogens is 2. The zero-order valence-corrected chi connectivity index (χ0v) is 29.7. The number of hydrogen-bond acceptors (Lipinski definition) is 8. The summed E-state index contributed by atoms with van der Waals surface area (Å²) >= 11 is 14.3. The number of fused-ring (bicyclic) bond motifs is 1. The molecule has 0 bridgehead atoms. The van der Waals surface area contributed by atoms with Gasteiger partial charge >= 0.3 is 0 Å². The minimum Gasteiger partial charge on any atom is -0.496 e. The summed E-state index contributed by atoms with van der Waals surface area (Å²) < 4.78 is 11.6. The Morgan fingerprint density at radius 2 is 1.66 bits per heavy atom. The predicted molar refractivity (Wildman–Crippen MR) is 194 cm³/mol. The second-order valence-corrected chi connectivity index (χ2v) is 13.8. The number of amides is 2. The summed E-state index contributed by atoms with van der Waals surface area (Å²) in [5.74, 6) is 1.54. The van der Waals surface area contributed by atoms with Crippen molar-refractivity contribution in [2.24, 2.45) is 0 Å². The Morgan fingerprint density at radius 1 is 0.900 bits per heavy atom. The molecule has 0 spiro atoms. The predicted octanol–water partition coefficient (Wildman–Crippen LogP) is 5.81. The van der Waals surface area contributed by atoms with E-state index in [0.717, 1.165) is 78.0 Å². The first-order valence-corrected chi connectivity index (χ1v) is 17.8. The lowest BCUT2D eigenvalue weighted by atomic mass is 9.93. The van der Waals surface area contributed by atoms with Crippen LogP contribution in [0.25, 0.3) is 33.6 Å². The summed E-state index contributed by atoms with van der Waals surface area (Å²) in [5.41, 5.74) is 7.75. The fraction of sp³-hybridized carbons (Fsp3) is 0.368. The van der Waals surface area contributed by atoms with Crippen LogP contribution in [0.5, 0.6) is 11.6 Å². The Bertz CT molecular complexity index is 1920. The van der Waals surface area contributed by atoms with Crippen LogP contribution in [0.3, 0.4) is 0 Å². The van der Waals surface area contributed by atoms with Crippen LogP contribution in [0, 0.1) is 0 Å². The number of rotatable bonds is 11. The molecule has 0 radical (unpaired) electrons. The lowest BCUT2D eigenvalue weighted by Gasteiger charge is -2.32. The maximum atomic E-state index is 11.7. The second kappa shape index (κ2) is 14.9. The molecule has 3 aliphatic heterocycles. The summed E-state index contributed by atoms with van der Waals surface area (Å²) in [5, 5.41) is 10.5. The Kier molecular flexibility index (Phi) is 10.2. The molecule has 2 atom stereocenters. The number of carbonyl (C=O) groups is 2. The van der Waals surface area contributed by atoms with Crippen molar-refractivity contribution in [3.63, 3.8) is 0 Å². The summed E-state index contributed by atoms with van der Waals surface area (Å²) in [6, 6.07) is 16.1. The van der Waals surface area contributed by atoms with E-state index in [4.69, 9.17) is 42.6 Å². The third-order valence-corrected chi connectivity index (χ3v) is 10.6. The molecule has 3 aliphatic rings. The van der Waals surface area contributed by atoms with Gasteiger partial charge < -0.3 is 25.4 Å². The molecule has 10 nitrogen and oxygen atoms in total. The minimum absolute atomic E-state index is 0.101. The Hall–Kier alpha value is -4.22. The molecule has 2 amide bonds. The van der Waals surface area contributed by atoms with E-state index in [1.807, 2.05) is 42.5 Å². The highest BCUT2D eigenvalue weighted by Crippen LogP contribution is 2.43. The second-order valence-electron chi connectivity index (χ2n) is 13.1. The Morgan fingerprint density at radius 3 is 2.40 bits per heavy atom. The quantitative estimate of drug-likeness (QED) is 0.178. The van der Waals surface area contributed by atoms with Gasteiger partial charge in [0.1, 0.15) is 5.75 Å². The maximum Gasteiger partial charge on any atom is 0.220 e. The molecule has 260 valence electrons. The third kappa shape index (κ3) is 7.16. The van der Waals surface area contributed by atoms with Crippen molar-refractivity contribution in [3.05, 3.63) is 81.5 Å². The van der Waals surface area contributed by atoms with Crippen LogP contribution in [0.15, 0.2) is 54.7 Å². The van der Waals surface area contributed by atoms with Gasteiger partial charge in [-0.25, -0.2) is 4.98 Å². The Balaban J connectivity index is 1.13. The van der Waals surface area contributed by atoms with E-state index < -0.39 is 0 Å². The van der Waals surface area contributed by atoms with Gasteiger partial charge in [0, 0.05) is 97.2 Å². The fourth-order valence-corrected chi connectivity index (χ4v) is 7.87. The van der Waals surface area contributed by atoms with Crippen LogP contribution in [0.1, 0.15) is 42.4 Å². The number of aromatic nitrogens is 2. The zero-order chi connectivity index (χ0) is 34.8. The third-order valence-electron chi connectivity index (χ3n) is 9.82. The number of methoxy groups -OCH3 is 2. The summed E-state index contributed by atoms with van der Waals surface area (Å²) in [4.78, 5) is 35.1. The standard InChI is InChI=1S/C38H40Cl2N6O4/c1-49-32-17-24(16-22-13-15-46(21-30(22)32)20-26-8-11-34(48)44-26)37-36(40)28(12-14-42-37)27-4-3-5-29(35(27)39)31-9-6-23(38(45-31)50-2)18-41-19-25-7-10-33(47)43-25/h3-6,9,12,14,16-17,25-26,41H,7-8,10-11,13,15,18-21H2,1-2H3,(H,43,47)(H,44,48)/t25-,26+/m1/s1. The van der Waals surface area contributed by atoms with Gasteiger partial charge in [-0.2, -0.15) is 0 Å². The SMILES string of the molecule is COc1cc(-c2nccc(-c3cccc(-c4ccc(CNC[C@H]5CCC(=O)N5)c(OC)n4)c3Cl)c2Cl)cc2c1CN(C[C@@H]1CCC(=O)N1)CC2. The van der Waals surface area contributed by atoms with Gasteiger partial charge in [-0.3, -0.25) is 19.5 Å². The van der Waals surface area contributed by atoms with E-state index in [0.29, 0.717) is 53.2 Å². The lowest BCUT2D eigenvalue weighted by Crippen LogP contribution is -2.41. The molecule has 2 fully saturated rings. The monoisotopic (exact) mass is 714 g/mol. The van der Waals surface area contributed by atoms with Crippen LogP contribution in [-0.4, -0.2) is 72.6 Å². The molecule has 7 rings (SSSR count). The normalized spacial score (nSPS) is 18.9. The van der Waals surface area contributed by atoms with Gasteiger partial charge in [0.25, 0.3) is 0 Å². The van der Waals surface area contributed by atoms with Gasteiger partial charge in [-0.15, -0.1) is 0 Å². The molecule has 4 aromatic rings. The van der Waals surface area contributed by atoms with Crippen molar-refractivity contribution < 1.29 is 19.1 Å². The van der Waals surface area contributed by atoms with Crippen LogP contribution in [0.4, 0.5) is 0 Å². The van der Waals surface area contributed by atoms with E-state index in [1.165, 1.54) is 5.56 Å². The number of hydrogen-bond donors (Lipinski definition) is 3. The highest BCUT2D eigenvalue weighted by molar-refractivity contribution is 6.39. The molecule has 0 saturated carbocycles. The number of nitrogens with one attached hydrogen (secondary N) is 3. The summed E-state index contributed by atoms with van der Waals surface area (Å²) in [7, 11) is 3.29. The molecule has 2 aromatic carbocycles. The highest BCUT2D eigenvalue weighted by atomic mass is 35.5. The Labute approximate surface area is 301 Å². The molecular weight excluding hydrogens is 675 g/mol. The van der Waals surface area contributed by atoms with Crippen molar-refractivity contribution >= 4 is 35.0 Å². The average molecular weight is 716 g/mol. The molecular formula is C38H40Cl2N6O4. The van der Waals surface area contributed by atoms with Crippen molar-refractivity contribution in [2.45, 2.75) is 57.3 Å².